The van der Waals surface area contributed by atoms with E-state index in [1.54, 1.807) is 6.08 Å². The summed E-state index contributed by atoms with van der Waals surface area (Å²) in [5.41, 5.74) is 4.00. The van der Waals surface area contributed by atoms with Crippen LogP contribution in [0.1, 0.15) is 24.5 Å². The van der Waals surface area contributed by atoms with Crippen molar-refractivity contribution in [2.45, 2.75) is 32.7 Å². The summed E-state index contributed by atoms with van der Waals surface area (Å²) in [6.45, 7) is 4.17. The van der Waals surface area contributed by atoms with E-state index >= 15 is 0 Å². The van der Waals surface area contributed by atoms with Crippen LogP contribution in [0.4, 0.5) is 5.69 Å². The molecule has 0 aromatic heterocycles. The van der Waals surface area contributed by atoms with Gasteiger partial charge >= 0.3 is 0 Å². The van der Waals surface area contributed by atoms with Crippen LogP contribution < -0.4 is 4.90 Å². The second kappa shape index (κ2) is 3.73. The number of aryl methyl sites for hydroxylation is 2. The van der Waals surface area contributed by atoms with Gasteiger partial charge in [0, 0.05) is 23.8 Å². The molecular weight excluding hydrogens is 210 g/mol. The molecule has 1 unspecified atom stereocenters. The Morgan fingerprint density at radius 1 is 1.35 bits per heavy atom. The Balaban J connectivity index is 2.07. The molecule has 2 heteroatoms. The maximum atomic E-state index is 11.7. The summed E-state index contributed by atoms with van der Waals surface area (Å²) in [6.07, 6.45) is 5.84. The number of anilines is 1. The Bertz CT molecular complexity index is 504. The average molecular weight is 227 g/mol. The number of ketones is 1. The van der Waals surface area contributed by atoms with Crippen LogP contribution in [-0.2, 0) is 11.2 Å². The van der Waals surface area contributed by atoms with E-state index in [1.807, 2.05) is 13.1 Å². The summed E-state index contributed by atoms with van der Waals surface area (Å²) in [5.74, 6) is 0.385. The fraction of sp³-hybridized carbons (Fsp3) is 0.400. The van der Waals surface area contributed by atoms with Gasteiger partial charge in [0.1, 0.15) is 0 Å². The van der Waals surface area contributed by atoms with Gasteiger partial charge in [0.2, 0.25) is 0 Å². The van der Waals surface area contributed by atoms with Crippen molar-refractivity contribution in [3.63, 3.8) is 0 Å². The highest BCUT2D eigenvalue weighted by molar-refractivity contribution is 5.94. The van der Waals surface area contributed by atoms with Gasteiger partial charge < -0.3 is 4.90 Å². The predicted octanol–water partition coefficient (Wildman–Crippen LogP) is 2.85. The lowest BCUT2D eigenvalue weighted by molar-refractivity contribution is -0.118. The predicted molar refractivity (Wildman–Crippen MR) is 69.1 cm³/mol. The molecule has 3 rings (SSSR count). The molecule has 0 saturated carbocycles. The van der Waals surface area contributed by atoms with Crippen LogP contribution in [0, 0.1) is 12.8 Å². The van der Waals surface area contributed by atoms with Crippen molar-refractivity contribution in [2.75, 3.05) is 4.90 Å². The molecule has 0 radical (unpaired) electrons. The first-order chi connectivity index (χ1) is 8.16. The lowest BCUT2D eigenvalue weighted by atomic mass is 9.84. The molecule has 2 heterocycles. The Morgan fingerprint density at radius 3 is 3.00 bits per heavy atom. The van der Waals surface area contributed by atoms with E-state index in [-0.39, 0.29) is 11.7 Å². The molecule has 0 amide bonds. The van der Waals surface area contributed by atoms with Crippen LogP contribution >= 0.6 is 0 Å². The second-order valence-electron chi connectivity index (χ2n) is 5.15. The van der Waals surface area contributed by atoms with E-state index < -0.39 is 0 Å². The maximum absolute atomic E-state index is 11.7. The van der Waals surface area contributed by atoms with Crippen molar-refractivity contribution >= 4 is 11.5 Å². The molecule has 2 nitrogen and oxygen atoms in total. The van der Waals surface area contributed by atoms with Gasteiger partial charge in [-0.05, 0) is 37.5 Å². The summed E-state index contributed by atoms with van der Waals surface area (Å²) in [7, 11) is 0. The molecule has 0 fully saturated rings. The minimum atomic E-state index is 0.120. The summed E-state index contributed by atoms with van der Waals surface area (Å²) >= 11 is 0. The highest BCUT2D eigenvalue weighted by Crippen LogP contribution is 2.36. The molecule has 2 aliphatic heterocycles. The van der Waals surface area contributed by atoms with Crippen molar-refractivity contribution in [2.24, 2.45) is 5.92 Å². The van der Waals surface area contributed by atoms with Gasteiger partial charge in [0.15, 0.2) is 5.78 Å². The van der Waals surface area contributed by atoms with Crippen LogP contribution in [-0.4, -0.2) is 11.8 Å². The van der Waals surface area contributed by atoms with Gasteiger partial charge in [-0.3, -0.25) is 4.79 Å². The van der Waals surface area contributed by atoms with Crippen LogP contribution in [0.5, 0.6) is 0 Å². The van der Waals surface area contributed by atoms with E-state index in [4.69, 9.17) is 0 Å². The second-order valence-corrected chi connectivity index (χ2v) is 5.15. The number of hydrogen-bond donors (Lipinski definition) is 0. The van der Waals surface area contributed by atoms with Crippen molar-refractivity contribution in [1.29, 1.82) is 0 Å². The lowest BCUT2D eigenvalue weighted by Gasteiger charge is -2.41. The normalized spacial score (nSPS) is 26.7. The minimum absolute atomic E-state index is 0.120. The quantitative estimate of drug-likeness (QED) is 0.679. The van der Waals surface area contributed by atoms with E-state index in [0.29, 0.717) is 6.04 Å². The largest absolute Gasteiger partial charge is 0.344 e. The van der Waals surface area contributed by atoms with Crippen LogP contribution in [0.25, 0.3) is 0 Å². The molecule has 0 saturated heterocycles. The van der Waals surface area contributed by atoms with Crippen LogP contribution in [0.15, 0.2) is 30.5 Å². The monoisotopic (exact) mass is 227 g/mol. The number of carbonyl (C=O) groups is 1. The third-order valence-electron chi connectivity index (χ3n) is 4.01. The zero-order valence-electron chi connectivity index (χ0n) is 10.3. The molecule has 2 atom stereocenters. The molecule has 2 aliphatic rings. The highest BCUT2D eigenvalue weighted by Gasteiger charge is 2.34. The molecule has 1 aromatic rings. The molecule has 0 spiro atoms. The van der Waals surface area contributed by atoms with Crippen molar-refractivity contribution in [3.8, 4) is 0 Å². The standard InChI is InChI=1S/C15H17NO/c1-10-3-5-14-12(9-10)4-6-13-11(2)15(17)7-8-16(13)14/h3,5,7-9,11,13H,4,6H2,1-2H3/t11-,13?/m1/s1. The van der Waals surface area contributed by atoms with E-state index in [9.17, 15) is 4.79 Å². The molecule has 88 valence electrons. The van der Waals surface area contributed by atoms with E-state index in [1.165, 1.54) is 16.8 Å². The number of carbonyl (C=O) groups excluding carboxylic acids is 1. The van der Waals surface area contributed by atoms with Gasteiger partial charge in [-0.1, -0.05) is 24.6 Å². The summed E-state index contributed by atoms with van der Waals surface area (Å²) in [6, 6.07) is 6.95. The third kappa shape index (κ3) is 1.59. The van der Waals surface area contributed by atoms with Gasteiger partial charge in [-0.15, -0.1) is 0 Å². The molecule has 17 heavy (non-hydrogen) atoms. The Kier molecular flexibility index (Phi) is 2.32. The Hall–Kier alpha value is -1.57. The van der Waals surface area contributed by atoms with E-state index in [0.717, 1.165) is 12.8 Å². The number of allylic oxidation sites excluding steroid dienone is 1. The van der Waals surface area contributed by atoms with Gasteiger partial charge in [-0.25, -0.2) is 0 Å². The van der Waals surface area contributed by atoms with Crippen LogP contribution in [0.2, 0.25) is 0 Å². The van der Waals surface area contributed by atoms with Gasteiger partial charge in [0.05, 0.1) is 0 Å². The molecule has 1 aromatic carbocycles. The van der Waals surface area contributed by atoms with E-state index in [2.05, 4.69) is 30.0 Å². The molecule has 0 aliphatic carbocycles. The minimum Gasteiger partial charge on any atom is -0.344 e. The summed E-state index contributed by atoms with van der Waals surface area (Å²) < 4.78 is 0. The lowest BCUT2D eigenvalue weighted by Crippen LogP contribution is -2.45. The Labute approximate surface area is 102 Å². The van der Waals surface area contributed by atoms with Gasteiger partial charge in [-0.2, -0.15) is 0 Å². The number of fused-ring (bicyclic) bond motifs is 3. The number of rotatable bonds is 0. The Morgan fingerprint density at radius 2 is 2.18 bits per heavy atom. The zero-order chi connectivity index (χ0) is 12.0. The fourth-order valence-corrected chi connectivity index (χ4v) is 2.96. The fourth-order valence-electron chi connectivity index (χ4n) is 2.96. The smallest absolute Gasteiger partial charge is 0.162 e. The number of hydrogen-bond acceptors (Lipinski definition) is 2. The zero-order valence-corrected chi connectivity index (χ0v) is 10.3. The number of benzene rings is 1. The average Bonchev–Trinajstić information content (AvgIpc) is 2.33. The summed E-state index contributed by atoms with van der Waals surface area (Å²) in [5, 5.41) is 0. The van der Waals surface area contributed by atoms with Gasteiger partial charge in [0.25, 0.3) is 0 Å². The van der Waals surface area contributed by atoms with Crippen LogP contribution in [0.3, 0.4) is 0 Å². The molecular formula is C15H17NO. The maximum Gasteiger partial charge on any atom is 0.162 e. The summed E-state index contributed by atoms with van der Waals surface area (Å²) in [4.78, 5) is 14.0. The van der Waals surface area contributed by atoms with Crippen molar-refractivity contribution < 1.29 is 4.79 Å². The molecule has 0 N–H and O–H groups in total. The first-order valence-electron chi connectivity index (χ1n) is 6.27. The van der Waals surface area contributed by atoms with Crippen molar-refractivity contribution in [3.05, 3.63) is 41.6 Å². The first-order valence-corrected chi connectivity index (χ1v) is 6.27. The third-order valence-corrected chi connectivity index (χ3v) is 4.01. The number of nitrogens with zero attached hydrogens (tertiary/aromatic N) is 1. The highest BCUT2D eigenvalue weighted by atomic mass is 16.1. The first kappa shape index (κ1) is 10.6. The van der Waals surface area contributed by atoms with Crippen molar-refractivity contribution in [1.82, 2.24) is 0 Å². The SMILES string of the molecule is Cc1ccc2c(c1)CCC1[C@@H](C)C(=O)C=CN21. The topological polar surface area (TPSA) is 20.3 Å². The molecule has 0 bridgehead atoms.